The smallest absolute Gasteiger partial charge is 0.410 e. The van der Waals surface area contributed by atoms with Crippen molar-refractivity contribution in [1.82, 2.24) is 20.0 Å². The molecule has 1 fully saturated rings. The van der Waals surface area contributed by atoms with Crippen molar-refractivity contribution in [1.29, 1.82) is 0 Å². The summed E-state index contributed by atoms with van der Waals surface area (Å²) in [5.41, 5.74) is 2.64. The van der Waals surface area contributed by atoms with E-state index in [2.05, 4.69) is 5.32 Å². The van der Waals surface area contributed by atoms with Crippen molar-refractivity contribution in [2.45, 2.75) is 116 Å². The Morgan fingerprint density at radius 1 is 0.824 bits per heavy atom. The van der Waals surface area contributed by atoms with E-state index in [1.165, 1.54) is 46.9 Å². The Hall–Kier alpha value is -5.46. The summed E-state index contributed by atoms with van der Waals surface area (Å²) >= 11 is 0. The van der Waals surface area contributed by atoms with Crippen LogP contribution in [-0.4, -0.2) is 122 Å². The van der Waals surface area contributed by atoms with E-state index in [0.29, 0.717) is 19.3 Å². The van der Waals surface area contributed by atoms with E-state index in [1.807, 2.05) is 76.2 Å². The summed E-state index contributed by atoms with van der Waals surface area (Å²) in [7, 11) is 5.84. The van der Waals surface area contributed by atoms with Gasteiger partial charge >= 0.3 is 12.1 Å². The molecule has 1 heterocycles. The van der Waals surface area contributed by atoms with Crippen LogP contribution in [0, 0.1) is 46.8 Å². The molecule has 1 aliphatic carbocycles. The number of hydrogen-bond donors (Lipinski definition) is 1. The standard InChI is InChI=1S/C50H63F5N4O9/c1-12-27(4)43(35(65-10)24-36(60)59-23-17-22-34(59)44(66-11)28(5)47(62)68-45-40(54)38(52)37(51)39(53)41(45)55)57(8)42(26(2)3)46(61)56-48(63)50(6,7)58(9)49(64)67-25-33-31-20-15-13-18-29(31)30-19-14-16-21-32(30)33/h13-16,18-21,26-28,33-35,42-44H,12,17,22-25H2,1-11H3,(H,56,61,63)/t27-,28+,34-,35+,42-,43-,44+/m0/s1. The third-order valence-corrected chi connectivity index (χ3v) is 13.8. The first-order valence-electron chi connectivity index (χ1n) is 22.8. The van der Waals surface area contributed by atoms with Gasteiger partial charge in [-0.1, -0.05) is 82.6 Å². The number of nitrogens with zero attached hydrogens (tertiary/aromatic N) is 3. The number of fused-ring (bicyclic) bond motifs is 3. The molecule has 0 radical (unpaired) electrons. The number of carbonyl (C=O) groups excluding carboxylic acids is 5. The van der Waals surface area contributed by atoms with Crippen LogP contribution in [0.3, 0.4) is 0 Å². The summed E-state index contributed by atoms with van der Waals surface area (Å²) in [5.74, 6) is -18.6. The van der Waals surface area contributed by atoms with Crippen LogP contribution in [0.25, 0.3) is 11.1 Å². The molecule has 5 rings (SSSR count). The molecule has 2 aliphatic rings. The van der Waals surface area contributed by atoms with Gasteiger partial charge in [-0.25, -0.2) is 18.0 Å². The molecular weight excluding hydrogens is 896 g/mol. The lowest BCUT2D eigenvalue weighted by Crippen LogP contribution is -2.62. The number of imide groups is 1. The maximum absolute atomic E-state index is 14.4. The van der Waals surface area contributed by atoms with Gasteiger partial charge in [0.05, 0.1) is 36.6 Å². The molecule has 0 spiro atoms. The number of amides is 4. The van der Waals surface area contributed by atoms with Crippen LogP contribution >= 0.6 is 0 Å². The van der Waals surface area contributed by atoms with Crippen LogP contribution in [-0.2, 0) is 33.4 Å². The van der Waals surface area contributed by atoms with E-state index in [1.54, 1.807) is 11.9 Å². The Bertz CT molecular complexity index is 2270. The van der Waals surface area contributed by atoms with Crippen LogP contribution in [0.2, 0.25) is 0 Å². The fourth-order valence-corrected chi connectivity index (χ4v) is 9.60. The first-order chi connectivity index (χ1) is 32.0. The van der Waals surface area contributed by atoms with Gasteiger partial charge in [0.2, 0.25) is 46.6 Å². The summed E-state index contributed by atoms with van der Waals surface area (Å²) in [4.78, 5) is 73.7. The Balaban J connectivity index is 1.27. The Morgan fingerprint density at radius 2 is 1.37 bits per heavy atom. The molecule has 1 saturated heterocycles. The van der Waals surface area contributed by atoms with E-state index in [-0.39, 0.29) is 37.3 Å². The lowest BCUT2D eigenvalue weighted by Gasteiger charge is -2.43. The summed E-state index contributed by atoms with van der Waals surface area (Å²) in [6.07, 6.45) is -1.46. The first-order valence-corrected chi connectivity index (χ1v) is 22.8. The second-order valence-corrected chi connectivity index (χ2v) is 18.6. The van der Waals surface area contributed by atoms with Crippen molar-refractivity contribution >= 4 is 29.8 Å². The van der Waals surface area contributed by atoms with Gasteiger partial charge in [-0.15, -0.1) is 0 Å². The van der Waals surface area contributed by atoms with Crippen LogP contribution in [0.1, 0.15) is 91.2 Å². The van der Waals surface area contributed by atoms with Crippen molar-refractivity contribution in [2.75, 3.05) is 41.5 Å². The van der Waals surface area contributed by atoms with E-state index in [4.69, 9.17) is 18.9 Å². The van der Waals surface area contributed by atoms with E-state index < -0.39 is 106 Å². The van der Waals surface area contributed by atoms with Crippen LogP contribution in [0.4, 0.5) is 26.7 Å². The van der Waals surface area contributed by atoms with Gasteiger partial charge in [0.1, 0.15) is 12.1 Å². The molecule has 0 unspecified atom stereocenters. The van der Waals surface area contributed by atoms with E-state index >= 15 is 0 Å². The SMILES string of the molecule is CC[C@H](C)[C@@H]([C@@H](CC(=O)N1CCC[C@H]1[C@H](OC)[C@@H](C)C(=O)Oc1c(F)c(F)c(F)c(F)c1F)OC)N(C)[C@H](C(=O)NC(=O)C(C)(C)N(C)C(=O)OCC1c2ccccc2-c2ccccc21)C(C)C. The van der Waals surface area contributed by atoms with Crippen molar-refractivity contribution in [3.05, 3.63) is 88.7 Å². The fraction of sp³-hybridized carbons (Fsp3) is 0.540. The molecule has 0 aromatic heterocycles. The highest BCUT2D eigenvalue weighted by Gasteiger charge is 2.45. The number of rotatable bonds is 19. The van der Waals surface area contributed by atoms with Gasteiger partial charge in [-0.2, -0.15) is 8.78 Å². The lowest BCUT2D eigenvalue weighted by molar-refractivity contribution is -0.150. The summed E-state index contributed by atoms with van der Waals surface area (Å²) in [6.45, 7) is 12.1. The molecule has 3 aromatic rings. The molecule has 1 aliphatic heterocycles. The average Bonchev–Trinajstić information content (AvgIpc) is 3.93. The van der Waals surface area contributed by atoms with Crippen molar-refractivity contribution in [3.63, 3.8) is 0 Å². The minimum absolute atomic E-state index is 0.0311. The number of carbonyl (C=O) groups is 5. The minimum Gasteiger partial charge on any atom is -0.448 e. The maximum Gasteiger partial charge on any atom is 0.410 e. The van der Waals surface area contributed by atoms with Gasteiger partial charge in [-0.3, -0.25) is 34.3 Å². The fourth-order valence-electron chi connectivity index (χ4n) is 9.60. The number of hydrogen-bond acceptors (Lipinski definition) is 10. The zero-order valence-electron chi connectivity index (χ0n) is 40.5. The molecule has 68 heavy (non-hydrogen) atoms. The topological polar surface area (TPSA) is 144 Å². The van der Waals surface area contributed by atoms with Gasteiger partial charge in [0, 0.05) is 39.8 Å². The monoisotopic (exact) mass is 958 g/mol. The minimum atomic E-state index is -2.41. The third-order valence-electron chi connectivity index (χ3n) is 13.8. The highest BCUT2D eigenvalue weighted by molar-refractivity contribution is 6.02. The van der Waals surface area contributed by atoms with E-state index in [0.717, 1.165) is 27.2 Å². The molecule has 4 amide bonds. The molecule has 1 N–H and O–H groups in total. The first kappa shape index (κ1) is 53.5. The number of halogens is 5. The number of esters is 1. The molecule has 18 heteroatoms. The number of methoxy groups -OCH3 is 2. The molecule has 0 bridgehead atoms. The van der Waals surface area contributed by atoms with Gasteiger partial charge in [0.25, 0.3) is 5.91 Å². The average molecular weight is 959 g/mol. The van der Waals surface area contributed by atoms with Crippen LogP contribution < -0.4 is 10.1 Å². The largest absolute Gasteiger partial charge is 0.448 e. The highest BCUT2D eigenvalue weighted by Crippen LogP contribution is 2.44. The number of benzene rings is 3. The van der Waals surface area contributed by atoms with Crippen LogP contribution in [0.5, 0.6) is 5.75 Å². The van der Waals surface area contributed by atoms with Gasteiger partial charge < -0.3 is 23.8 Å². The molecule has 3 aromatic carbocycles. The Morgan fingerprint density at radius 3 is 1.88 bits per heavy atom. The number of likely N-dealkylation sites (tertiary alicyclic amines) is 1. The van der Waals surface area contributed by atoms with Crippen molar-refractivity contribution < 1.29 is 64.9 Å². The normalized spacial score (nSPS) is 17.5. The zero-order valence-corrected chi connectivity index (χ0v) is 40.5. The number of nitrogens with one attached hydrogen (secondary N) is 1. The summed E-state index contributed by atoms with van der Waals surface area (Å²) in [6, 6.07) is 13.6. The summed E-state index contributed by atoms with van der Waals surface area (Å²) < 4.78 is 92.4. The predicted molar refractivity (Wildman–Crippen MR) is 242 cm³/mol. The zero-order chi connectivity index (χ0) is 50.5. The predicted octanol–water partition coefficient (Wildman–Crippen LogP) is 8.01. The van der Waals surface area contributed by atoms with Crippen molar-refractivity contribution in [3.8, 4) is 16.9 Å². The second kappa shape index (κ2) is 22.3. The van der Waals surface area contributed by atoms with Crippen molar-refractivity contribution in [2.24, 2.45) is 17.8 Å². The molecule has 7 atom stereocenters. The van der Waals surface area contributed by atoms with Crippen LogP contribution in [0.15, 0.2) is 48.5 Å². The number of ether oxygens (including phenoxy) is 4. The Kier molecular flexibility index (Phi) is 17.6. The Labute approximate surface area is 394 Å². The summed E-state index contributed by atoms with van der Waals surface area (Å²) in [5, 5.41) is 2.54. The second-order valence-electron chi connectivity index (χ2n) is 18.6. The third kappa shape index (κ3) is 10.7. The molecule has 0 saturated carbocycles. The van der Waals surface area contributed by atoms with Gasteiger partial charge in [0.15, 0.2) is 0 Å². The van der Waals surface area contributed by atoms with E-state index in [9.17, 15) is 45.9 Å². The molecule has 13 nitrogen and oxygen atoms in total. The molecule has 372 valence electrons. The maximum atomic E-state index is 14.4. The lowest BCUT2D eigenvalue weighted by atomic mass is 9.87. The number of likely N-dealkylation sites (N-methyl/N-ethyl adjacent to an activating group) is 2. The highest BCUT2D eigenvalue weighted by atomic mass is 19.2. The quantitative estimate of drug-likeness (QED) is 0.0413. The molecular formula is C50H63F5N4O9. The van der Waals surface area contributed by atoms with Gasteiger partial charge in [-0.05, 0) is 74.8 Å².